The van der Waals surface area contributed by atoms with Crippen LogP contribution in [0.5, 0.6) is 0 Å². The van der Waals surface area contributed by atoms with Crippen LogP contribution < -0.4 is 21.2 Å². The largest absolute Gasteiger partial charge is 0.0694 e. The van der Waals surface area contributed by atoms with Crippen molar-refractivity contribution in [3.63, 3.8) is 0 Å². The van der Waals surface area contributed by atoms with E-state index in [-0.39, 0.29) is 23.8 Å². The first-order valence-electron chi connectivity index (χ1n) is 10.6. The highest BCUT2D eigenvalue weighted by Crippen LogP contribution is 2.48. The summed E-state index contributed by atoms with van der Waals surface area (Å²) in [6, 6.07) is 18.7. The van der Waals surface area contributed by atoms with Gasteiger partial charge in [-0.25, -0.2) is 0 Å². The Hall–Kier alpha value is -0.270. The highest BCUT2D eigenvalue weighted by molar-refractivity contribution is 7.78. The third-order valence-corrected chi connectivity index (χ3v) is 14.2. The third kappa shape index (κ3) is 5.45. The van der Waals surface area contributed by atoms with Gasteiger partial charge in [-0.15, -0.1) is 0 Å². The molecule has 28 heavy (non-hydrogen) atoms. The van der Waals surface area contributed by atoms with E-state index in [0.29, 0.717) is 0 Å². The average Bonchev–Trinajstić information content (AvgIpc) is 2.61. The van der Waals surface area contributed by atoms with Gasteiger partial charge >= 0.3 is 0 Å². The predicted octanol–water partition coefficient (Wildman–Crippen LogP) is 6.60. The van der Waals surface area contributed by atoms with Crippen molar-refractivity contribution in [2.45, 2.75) is 78.0 Å². The predicted molar refractivity (Wildman–Crippen MR) is 139 cm³/mol. The van der Waals surface area contributed by atoms with E-state index in [1.165, 1.54) is 0 Å². The Bertz CT molecular complexity index is 669. The molecule has 0 aliphatic rings. The molecular formula is C25H39P3. The molecule has 0 nitrogen and oxygen atoms in total. The van der Waals surface area contributed by atoms with Crippen LogP contribution in [0.25, 0.3) is 0 Å². The lowest BCUT2D eigenvalue weighted by atomic mass is 10.4. The van der Waals surface area contributed by atoms with Gasteiger partial charge in [-0.05, 0) is 58.4 Å². The zero-order valence-corrected chi connectivity index (χ0v) is 22.0. The smallest absolute Gasteiger partial charge is 0.0121 e. The summed E-state index contributed by atoms with van der Waals surface area (Å²) in [5.41, 5.74) is 2.88. The van der Waals surface area contributed by atoms with Crippen molar-refractivity contribution in [3.8, 4) is 0 Å². The minimum absolute atomic E-state index is 0.146. The molecule has 2 aromatic carbocycles. The maximum Gasteiger partial charge on any atom is -0.0121 e. The first kappa shape index (κ1) is 24.0. The molecule has 0 spiro atoms. The average molecular weight is 433 g/mol. The first-order valence-corrected chi connectivity index (χ1v) is 15.4. The Labute approximate surface area is 178 Å². The molecule has 0 bridgehead atoms. The second-order valence-corrected chi connectivity index (χ2v) is 17.5. The summed E-state index contributed by atoms with van der Waals surface area (Å²) in [6.07, 6.45) is 0. The van der Waals surface area contributed by atoms with Crippen LogP contribution in [0.2, 0.25) is 0 Å². The van der Waals surface area contributed by atoms with Crippen molar-refractivity contribution in [1.82, 2.24) is 0 Å². The van der Waals surface area contributed by atoms with E-state index in [1.807, 2.05) is 0 Å². The Kier molecular flexibility index (Phi) is 9.14. The van der Waals surface area contributed by atoms with Gasteiger partial charge in [-0.2, -0.15) is 0 Å². The third-order valence-electron chi connectivity index (χ3n) is 5.27. The Morgan fingerprint density at radius 3 is 0.964 bits per heavy atom. The molecule has 0 aromatic heterocycles. The number of hydrogen-bond donors (Lipinski definition) is 0. The zero-order chi connectivity index (χ0) is 21.0. The monoisotopic (exact) mass is 432 g/mol. The van der Waals surface area contributed by atoms with Gasteiger partial charge in [0.2, 0.25) is 0 Å². The second kappa shape index (κ2) is 10.7. The molecule has 3 heteroatoms. The molecule has 0 aliphatic carbocycles. The molecule has 2 rings (SSSR count). The van der Waals surface area contributed by atoms with Crippen molar-refractivity contribution >= 4 is 45.0 Å². The van der Waals surface area contributed by atoms with E-state index in [1.54, 1.807) is 21.2 Å². The molecule has 2 aromatic rings. The Morgan fingerprint density at radius 1 is 0.464 bits per heavy atom. The van der Waals surface area contributed by atoms with E-state index in [9.17, 15) is 0 Å². The summed E-state index contributed by atoms with van der Waals surface area (Å²) in [5.74, 6) is 0. The molecule has 0 fully saturated rings. The summed E-state index contributed by atoms with van der Waals surface area (Å²) in [6.45, 7) is 21.8. The minimum Gasteiger partial charge on any atom is -0.0694 e. The lowest BCUT2D eigenvalue weighted by Crippen LogP contribution is -2.34. The zero-order valence-electron chi connectivity index (χ0n) is 19.3. The molecule has 0 unspecified atom stereocenters. The standard InChI is InChI=1S/C25H39P3/c1-18(2)27(19(3)4)24-16-12-10-14-22(24)26(9)23-15-11-13-17-25(23)28(20(5)6)21(7)8/h10-21H,1-9H3. The highest BCUT2D eigenvalue weighted by Gasteiger charge is 2.27. The summed E-state index contributed by atoms with van der Waals surface area (Å²) >= 11 is 0. The maximum atomic E-state index is 2.50. The summed E-state index contributed by atoms with van der Waals surface area (Å²) < 4.78 is 0. The van der Waals surface area contributed by atoms with Gasteiger partial charge in [-0.3, -0.25) is 0 Å². The van der Waals surface area contributed by atoms with Crippen LogP contribution in [-0.2, 0) is 0 Å². The van der Waals surface area contributed by atoms with Crippen LogP contribution in [0.15, 0.2) is 48.5 Å². The Balaban J connectivity index is 2.59. The fourth-order valence-corrected chi connectivity index (χ4v) is 13.5. The molecule has 0 radical (unpaired) electrons. The van der Waals surface area contributed by atoms with Crippen LogP contribution in [0.3, 0.4) is 0 Å². The SMILES string of the molecule is CC(C)P(c1ccccc1P(C)c1ccccc1P(C(C)C)C(C)C)C(C)C. The van der Waals surface area contributed by atoms with Crippen LogP contribution in [-0.4, -0.2) is 29.3 Å². The van der Waals surface area contributed by atoms with Crippen molar-refractivity contribution in [2.24, 2.45) is 0 Å². The van der Waals surface area contributed by atoms with Crippen LogP contribution >= 0.6 is 23.8 Å². The van der Waals surface area contributed by atoms with Crippen LogP contribution in [0.4, 0.5) is 0 Å². The summed E-state index contributed by atoms with van der Waals surface area (Å²) in [5, 5.41) is 6.51. The van der Waals surface area contributed by atoms with E-state index in [2.05, 4.69) is 111 Å². The van der Waals surface area contributed by atoms with Crippen molar-refractivity contribution < 1.29 is 0 Å². The van der Waals surface area contributed by atoms with Gasteiger partial charge in [0, 0.05) is 0 Å². The van der Waals surface area contributed by atoms with Crippen molar-refractivity contribution in [1.29, 1.82) is 0 Å². The normalized spacial score (nSPS) is 12.6. The lowest BCUT2D eigenvalue weighted by molar-refractivity contribution is 1.02. The van der Waals surface area contributed by atoms with Gasteiger partial charge in [0.05, 0.1) is 0 Å². The maximum absolute atomic E-state index is 2.50. The topological polar surface area (TPSA) is 0 Å². The van der Waals surface area contributed by atoms with E-state index < -0.39 is 0 Å². The van der Waals surface area contributed by atoms with E-state index in [0.717, 1.165) is 22.6 Å². The van der Waals surface area contributed by atoms with E-state index >= 15 is 0 Å². The van der Waals surface area contributed by atoms with Gasteiger partial charge in [0.15, 0.2) is 0 Å². The fourth-order valence-electron chi connectivity index (χ4n) is 4.37. The molecule has 0 saturated heterocycles. The number of benzene rings is 2. The van der Waals surface area contributed by atoms with Crippen molar-refractivity contribution in [2.75, 3.05) is 6.66 Å². The van der Waals surface area contributed by atoms with Gasteiger partial charge in [0.25, 0.3) is 0 Å². The highest BCUT2D eigenvalue weighted by atomic mass is 31.1. The van der Waals surface area contributed by atoms with E-state index in [4.69, 9.17) is 0 Å². The van der Waals surface area contributed by atoms with Crippen molar-refractivity contribution in [3.05, 3.63) is 48.5 Å². The molecule has 0 heterocycles. The molecule has 0 aliphatic heterocycles. The molecule has 0 amide bonds. The Morgan fingerprint density at radius 2 is 0.714 bits per heavy atom. The second-order valence-electron chi connectivity index (χ2n) is 8.73. The fraction of sp³-hybridized carbons (Fsp3) is 0.520. The van der Waals surface area contributed by atoms with Crippen LogP contribution in [0, 0.1) is 0 Å². The minimum atomic E-state index is -0.344. The molecule has 0 atom stereocenters. The molecule has 0 N–H and O–H groups in total. The summed E-state index contributed by atoms with van der Waals surface area (Å²) in [7, 11) is -0.635. The number of rotatable bonds is 8. The molecular weight excluding hydrogens is 393 g/mol. The summed E-state index contributed by atoms with van der Waals surface area (Å²) in [4.78, 5) is 0. The van der Waals surface area contributed by atoms with Crippen LogP contribution in [0.1, 0.15) is 55.4 Å². The first-order chi connectivity index (χ1) is 13.2. The molecule has 154 valence electrons. The lowest BCUT2D eigenvalue weighted by Gasteiger charge is -2.33. The number of hydrogen-bond acceptors (Lipinski definition) is 0. The molecule has 0 saturated carbocycles. The van der Waals surface area contributed by atoms with Gasteiger partial charge in [0.1, 0.15) is 0 Å². The quantitative estimate of drug-likeness (QED) is 0.413. The van der Waals surface area contributed by atoms with Gasteiger partial charge in [-0.1, -0.05) is 120 Å². The van der Waals surface area contributed by atoms with Gasteiger partial charge < -0.3 is 0 Å².